The molecule has 6 nitrogen and oxygen atoms in total. The third-order valence-corrected chi connectivity index (χ3v) is 5.29. The van der Waals surface area contributed by atoms with Crippen molar-refractivity contribution in [3.8, 4) is 5.75 Å². The lowest BCUT2D eigenvalue weighted by molar-refractivity contribution is -0.131. The predicted octanol–water partition coefficient (Wildman–Crippen LogP) is 1.62. The van der Waals surface area contributed by atoms with Crippen LogP contribution in [0, 0.1) is 5.92 Å². The highest BCUT2D eigenvalue weighted by Crippen LogP contribution is 2.17. The summed E-state index contributed by atoms with van der Waals surface area (Å²) in [6.45, 7) is 5.68. The number of hydrogen-bond donors (Lipinski definition) is 1. The Balaban J connectivity index is 1.94. The lowest BCUT2D eigenvalue weighted by Gasteiger charge is -2.31. The van der Waals surface area contributed by atoms with Crippen LogP contribution in [0.4, 0.5) is 0 Å². The van der Waals surface area contributed by atoms with Crippen molar-refractivity contribution in [1.29, 1.82) is 0 Å². The molecule has 1 aliphatic rings. The number of likely N-dealkylation sites (tertiary alicyclic amines) is 1. The van der Waals surface area contributed by atoms with Crippen LogP contribution in [0.3, 0.4) is 0 Å². The molecule has 23 heavy (non-hydrogen) atoms. The second kappa shape index (κ2) is 7.79. The van der Waals surface area contributed by atoms with Crippen LogP contribution in [0.2, 0.25) is 0 Å². The van der Waals surface area contributed by atoms with Gasteiger partial charge in [-0.25, -0.2) is 13.1 Å². The Morgan fingerprint density at radius 3 is 2.65 bits per heavy atom. The van der Waals surface area contributed by atoms with Gasteiger partial charge in [0.15, 0.2) is 0 Å². The second-order valence-electron chi connectivity index (χ2n) is 5.82. The zero-order chi connectivity index (χ0) is 16.9. The van der Waals surface area contributed by atoms with Gasteiger partial charge in [0.05, 0.1) is 18.0 Å². The fourth-order valence-electron chi connectivity index (χ4n) is 2.65. The van der Waals surface area contributed by atoms with Gasteiger partial charge in [-0.3, -0.25) is 4.79 Å². The monoisotopic (exact) mass is 340 g/mol. The molecule has 1 fully saturated rings. The third kappa shape index (κ3) is 4.94. The number of sulfonamides is 1. The van der Waals surface area contributed by atoms with E-state index in [9.17, 15) is 13.2 Å². The minimum Gasteiger partial charge on any atom is -0.494 e. The fourth-order valence-corrected chi connectivity index (χ4v) is 3.62. The van der Waals surface area contributed by atoms with Crippen molar-refractivity contribution in [2.24, 2.45) is 5.92 Å². The molecular weight excluding hydrogens is 316 g/mol. The number of benzene rings is 1. The van der Waals surface area contributed by atoms with E-state index in [1.165, 1.54) is 12.1 Å². The summed E-state index contributed by atoms with van der Waals surface area (Å²) in [6.07, 6.45) is 2.08. The molecule has 7 heteroatoms. The molecule has 1 N–H and O–H groups in total. The first-order valence-electron chi connectivity index (χ1n) is 7.92. The molecule has 1 amide bonds. The fraction of sp³-hybridized carbons (Fsp3) is 0.562. The maximum absolute atomic E-state index is 12.2. The van der Waals surface area contributed by atoms with Gasteiger partial charge in [0.2, 0.25) is 15.9 Å². The Morgan fingerprint density at radius 1 is 1.35 bits per heavy atom. The lowest BCUT2D eigenvalue weighted by Crippen LogP contribution is -2.44. The van der Waals surface area contributed by atoms with Crippen molar-refractivity contribution in [3.63, 3.8) is 0 Å². The predicted molar refractivity (Wildman–Crippen MR) is 87.8 cm³/mol. The zero-order valence-corrected chi connectivity index (χ0v) is 14.4. The normalized spacial score (nSPS) is 18.7. The Hall–Kier alpha value is -1.60. The van der Waals surface area contributed by atoms with Crippen LogP contribution in [0.25, 0.3) is 0 Å². The van der Waals surface area contributed by atoms with E-state index in [0.717, 1.165) is 12.8 Å². The Labute approximate surface area is 137 Å². The second-order valence-corrected chi connectivity index (χ2v) is 7.58. The number of carbonyl (C=O) groups is 1. The number of hydrogen-bond acceptors (Lipinski definition) is 4. The first-order chi connectivity index (χ1) is 10.9. The number of amides is 1. The molecule has 0 aromatic heterocycles. The van der Waals surface area contributed by atoms with Crippen LogP contribution in [0.15, 0.2) is 29.2 Å². The van der Waals surface area contributed by atoms with Crippen molar-refractivity contribution in [1.82, 2.24) is 9.62 Å². The van der Waals surface area contributed by atoms with Crippen molar-refractivity contribution in [2.45, 2.75) is 31.6 Å². The van der Waals surface area contributed by atoms with Gasteiger partial charge >= 0.3 is 0 Å². The van der Waals surface area contributed by atoms with Gasteiger partial charge in [-0.05, 0) is 49.9 Å². The Bertz CT molecular complexity index is 628. The largest absolute Gasteiger partial charge is 0.494 e. The lowest BCUT2D eigenvalue weighted by atomic mass is 10.0. The summed E-state index contributed by atoms with van der Waals surface area (Å²) in [4.78, 5) is 14.0. The molecule has 1 aromatic carbocycles. The van der Waals surface area contributed by atoms with Gasteiger partial charge < -0.3 is 9.64 Å². The van der Waals surface area contributed by atoms with Crippen LogP contribution in [-0.4, -0.2) is 45.5 Å². The first kappa shape index (κ1) is 17.7. The Kier molecular flexibility index (Phi) is 6.01. The molecule has 2 rings (SSSR count). The smallest absolute Gasteiger partial charge is 0.241 e. The first-order valence-corrected chi connectivity index (χ1v) is 9.41. The number of piperidine rings is 1. The summed E-state index contributed by atoms with van der Waals surface area (Å²) in [5.41, 5.74) is 0. The van der Waals surface area contributed by atoms with Gasteiger partial charge in [-0.1, -0.05) is 6.92 Å². The maximum Gasteiger partial charge on any atom is 0.241 e. The van der Waals surface area contributed by atoms with Gasteiger partial charge in [0.1, 0.15) is 5.75 Å². The molecule has 0 aliphatic carbocycles. The van der Waals surface area contributed by atoms with Gasteiger partial charge in [0.25, 0.3) is 0 Å². The van der Waals surface area contributed by atoms with Crippen molar-refractivity contribution in [3.05, 3.63) is 24.3 Å². The highest BCUT2D eigenvalue weighted by molar-refractivity contribution is 7.89. The molecule has 1 aromatic rings. The minimum atomic E-state index is -3.69. The van der Waals surface area contributed by atoms with Gasteiger partial charge in [-0.15, -0.1) is 0 Å². The van der Waals surface area contributed by atoms with Crippen LogP contribution in [-0.2, 0) is 14.8 Å². The van der Waals surface area contributed by atoms with E-state index in [1.54, 1.807) is 17.0 Å². The average molecular weight is 340 g/mol. The molecule has 1 saturated heterocycles. The molecule has 1 aliphatic heterocycles. The molecule has 0 spiro atoms. The molecule has 0 bridgehead atoms. The molecule has 1 unspecified atom stereocenters. The van der Waals surface area contributed by atoms with Gasteiger partial charge in [-0.2, -0.15) is 0 Å². The molecule has 128 valence electrons. The standard InChI is InChI=1S/C16H24N2O4S/c1-3-22-14-6-8-15(9-7-14)23(20,21)17-11-16(19)18-10-4-5-13(2)12-18/h6-9,13,17H,3-5,10-12H2,1-2H3. The molecule has 0 radical (unpaired) electrons. The van der Waals surface area contributed by atoms with Crippen LogP contribution >= 0.6 is 0 Å². The summed E-state index contributed by atoms with van der Waals surface area (Å²) in [5, 5.41) is 0. The molecular formula is C16H24N2O4S. The van der Waals surface area contributed by atoms with E-state index in [-0.39, 0.29) is 17.3 Å². The van der Waals surface area contributed by atoms with Gasteiger partial charge in [0, 0.05) is 13.1 Å². The third-order valence-electron chi connectivity index (χ3n) is 3.87. The van der Waals surface area contributed by atoms with Crippen LogP contribution < -0.4 is 9.46 Å². The van der Waals surface area contributed by atoms with E-state index >= 15 is 0 Å². The van der Waals surface area contributed by atoms with Crippen LogP contribution in [0.5, 0.6) is 5.75 Å². The molecule has 1 heterocycles. The van der Waals surface area contributed by atoms with Crippen molar-refractivity contribution < 1.29 is 17.9 Å². The highest BCUT2D eigenvalue weighted by Gasteiger charge is 2.22. The molecule has 1 atom stereocenters. The maximum atomic E-state index is 12.2. The molecule has 0 saturated carbocycles. The zero-order valence-electron chi connectivity index (χ0n) is 13.6. The summed E-state index contributed by atoms with van der Waals surface area (Å²) < 4.78 is 32.1. The topological polar surface area (TPSA) is 75.7 Å². The van der Waals surface area contributed by atoms with E-state index in [2.05, 4.69) is 11.6 Å². The van der Waals surface area contributed by atoms with Crippen LogP contribution in [0.1, 0.15) is 26.7 Å². The minimum absolute atomic E-state index is 0.126. The number of nitrogens with one attached hydrogen (secondary N) is 1. The summed E-state index contributed by atoms with van der Waals surface area (Å²) >= 11 is 0. The van der Waals surface area contributed by atoms with E-state index in [1.807, 2.05) is 6.92 Å². The quantitative estimate of drug-likeness (QED) is 0.854. The number of nitrogens with zero attached hydrogens (tertiary/aromatic N) is 1. The SMILES string of the molecule is CCOc1ccc(S(=O)(=O)NCC(=O)N2CCCC(C)C2)cc1. The highest BCUT2D eigenvalue weighted by atomic mass is 32.2. The average Bonchev–Trinajstić information content (AvgIpc) is 2.53. The van der Waals surface area contributed by atoms with Crippen molar-refractivity contribution in [2.75, 3.05) is 26.2 Å². The van der Waals surface area contributed by atoms with E-state index in [0.29, 0.717) is 31.4 Å². The summed E-state index contributed by atoms with van der Waals surface area (Å²) in [7, 11) is -3.69. The van der Waals surface area contributed by atoms with Crippen molar-refractivity contribution >= 4 is 15.9 Å². The summed E-state index contributed by atoms with van der Waals surface area (Å²) in [5.74, 6) is 0.909. The number of ether oxygens (including phenoxy) is 1. The van der Waals surface area contributed by atoms with E-state index < -0.39 is 10.0 Å². The Morgan fingerprint density at radius 2 is 2.04 bits per heavy atom. The van der Waals surface area contributed by atoms with E-state index in [4.69, 9.17) is 4.74 Å². The summed E-state index contributed by atoms with van der Waals surface area (Å²) in [6, 6.07) is 6.15. The number of carbonyl (C=O) groups excluding carboxylic acids is 1. The number of rotatable bonds is 6.